The number of carboxylic acids is 1. The fourth-order valence-electron chi connectivity index (χ4n) is 1.30. The maximum absolute atomic E-state index is 11.7. The van der Waals surface area contributed by atoms with Crippen LogP contribution >= 0.6 is 23.2 Å². The molecule has 1 N–H and O–H groups in total. The van der Waals surface area contributed by atoms with Crippen molar-refractivity contribution in [2.75, 3.05) is 13.6 Å². The number of halogens is 2. The van der Waals surface area contributed by atoms with Crippen LogP contribution in [-0.2, 0) is 9.59 Å². The van der Waals surface area contributed by atoms with E-state index in [-0.39, 0.29) is 18.9 Å². The topological polar surface area (TPSA) is 57.6 Å². The summed E-state index contributed by atoms with van der Waals surface area (Å²) >= 11 is 11.7. The summed E-state index contributed by atoms with van der Waals surface area (Å²) in [4.78, 5) is 23.4. The van der Waals surface area contributed by atoms with E-state index in [9.17, 15) is 9.59 Å². The van der Waals surface area contributed by atoms with Crippen molar-refractivity contribution >= 4 is 41.2 Å². The summed E-state index contributed by atoms with van der Waals surface area (Å²) < 4.78 is 0. The normalized spacial score (nSPS) is 10.7. The summed E-state index contributed by atoms with van der Waals surface area (Å²) in [7, 11) is 1.54. The number of carboxylic acid groups (broad SMARTS) is 1. The van der Waals surface area contributed by atoms with Gasteiger partial charge in [0.25, 0.3) is 0 Å². The van der Waals surface area contributed by atoms with Gasteiger partial charge in [0.1, 0.15) is 0 Å². The van der Waals surface area contributed by atoms with E-state index in [2.05, 4.69) is 0 Å². The molecule has 0 saturated carbocycles. The molecule has 0 aliphatic carbocycles. The van der Waals surface area contributed by atoms with Crippen molar-refractivity contribution in [2.45, 2.75) is 6.42 Å². The van der Waals surface area contributed by atoms with Gasteiger partial charge >= 0.3 is 5.97 Å². The molecule has 0 radical (unpaired) electrons. The first kappa shape index (κ1) is 15.5. The number of aliphatic carboxylic acids is 1. The molecule has 0 aromatic heterocycles. The minimum absolute atomic E-state index is 0.0855. The van der Waals surface area contributed by atoms with E-state index in [1.165, 1.54) is 11.0 Å². The van der Waals surface area contributed by atoms with Gasteiger partial charge in [-0.15, -0.1) is 0 Å². The van der Waals surface area contributed by atoms with Gasteiger partial charge in [-0.05, 0) is 23.8 Å². The van der Waals surface area contributed by atoms with Gasteiger partial charge in [0.2, 0.25) is 5.91 Å². The van der Waals surface area contributed by atoms with E-state index in [1.807, 2.05) is 0 Å². The Hall–Kier alpha value is -1.52. The molecule has 0 fully saturated rings. The summed E-state index contributed by atoms with van der Waals surface area (Å²) in [6.07, 6.45) is 2.83. The molecular weight excluding hydrogens is 289 g/mol. The van der Waals surface area contributed by atoms with Crippen molar-refractivity contribution in [1.82, 2.24) is 4.90 Å². The third-order valence-corrected chi connectivity index (χ3v) is 2.97. The Morgan fingerprint density at radius 1 is 1.37 bits per heavy atom. The lowest BCUT2D eigenvalue weighted by atomic mass is 10.2. The zero-order valence-electron chi connectivity index (χ0n) is 10.3. The van der Waals surface area contributed by atoms with Crippen LogP contribution in [0.3, 0.4) is 0 Å². The molecule has 0 heterocycles. The Morgan fingerprint density at radius 2 is 2.05 bits per heavy atom. The first-order valence-corrected chi connectivity index (χ1v) is 6.26. The average molecular weight is 302 g/mol. The zero-order valence-corrected chi connectivity index (χ0v) is 11.8. The number of carbonyl (C=O) groups excluding carboxylic acids is 1. The van der Waals surface area contributed by atoms with Gasteiger partial charge in [0.05, 0.1) is 6.42 Å². The summed E-state index contributed by atoms with van der Waals surface area (Å²) in [6.45, 7) is 0.160. The standard InChI is InChI=1S/C13H13Cl2NO3/c1-16(7-6-13(18)19)12(17)5-3-9-2-4-10(14)8-11(9)15/h2-5,8H,6-7H2,1H3,(H,18,19)/b5-3+. The second-order valence-corrected chi connectivity index (χ2v) is 4.75. The number of likely N-dealkylation sites (N-methyl/N-ethyl adjacent to an activating group) is 1. The van der Waals surface area contributed by atoms with Gasteiger partial charge in [0, 0.05) is 29.7 Å². The molecule has 6 heteroatoms. The van der Waals surface area contributed by atoms with Crippen molar-refractivity contribution in [3.63, 3.8) is 0 Å². The van der Waals surface area contributed by atoms with Gasteiger partial charge in [-0.3, -0.25) is 9.59 Å². The molecule has 0 saturated heterocycles. The SMILES string of the molecule is CN(CCC(=O)O)C(=O)/C=C/c1ccc(Cl)cc1Cl. The van der Waals surface area contributed by atoms with Crippen LogP contribution in [0.1, 0.15) is 12.0 Å². The summed E-state index contributed by atoms with van der Waals surface area (Å²) in [5.74, 6) is -1.23. The largest absolute Gasteiger partial charge is 0.481 e. The summed E-state index contributed by atoms with van der Waals surface area (Å²) in [6, 6.07) is 4.96. The number of benzene rings is 1. The minimum atomic E-state index is -0.940. The van der Waals surface area contributed by atoms with Crippen LogP contribution in [0.15, 0.2) is 24.3 Å². The van der Waals surface area contributed by atoms with Crippen molar-refractivity contribution in [3.05, 3.63) is 39.9 Å². The third kappa shape index (κ3) is 5.32. The Balaban J connectivity index is 2.65. The molecule has 1 aromatic carbocycles. The van der Waals surface area contributed by atoms with Gasteiger partial charge in [0.15, 0.2) is 0 Å². The Bertz CT molecular complexity index is 515. The van der Waals surface area contributed by atoms with Crippen molar-refractivity contribution in [3.8, 4) is 0 Å². The van der Waals surface area contributed by atoms with Crippen LogP contribution in [0.2, 0.25) is 10.0 Å². The second kappa shape index (κ2) is 7.16. The van der Waals surface area contributed by atoms with Gasteiger partial charge < -0.3 is 10.0 Å². The molecule has 102 valence electrons. The van der Waals surface area contributed by atoms with Crippen molar-refractivity contribution < 1.29 is 14.7 Å². The molecule has 0 aliphatic heterocycles. The van der Waals surface area contributed by atoms with E-state index in [0.29, 0.717) is 15.6 Å². The monoisotopic (exact) mass is 301 g/mol. The minimum Gasteiger partial charge on any atom is -0.481 e. The molecule has 0 aliphatic rings. The first-order chi connectivity index (χ1) is 8.90. The molecule has 19 heavy (non-hydrogen) atoms. The summed E-state index contributed by atoms with van der Waals surface area (Å²) in [5, 5.41) is 9.50. The number of amides is 1. The predicted molar refractivity (Wildman–Crippen MR) is 75.4 cm³/mol. The number of hydrogen-bond donors (Lipinski definition) is 1. The number of hydrogen-bond acceptors (Lipinski definition) is 2. The summed E-state index contributed by atoms with van der Waals surface area (Å²) in [5.41, 5.74) is 0.672. The Labute approximate surface area is 121 Å². The highest BCUT2D eigenvalue weighted by Crippen LogP contribution is 2.21. The highest BCUT2D eigenvalue weighted by atomic mass is 35.5. The van der Waals surface area contributed by atoms with Crippen LogP contribution < -0.4 is 0 Å². The molecule has 0 unspecified atom stereocenters. The van der Waals surface area contributed by atoms with Crippen molar-refractivity contribution in [2.24, 2.45) is 0 Å². The predicted octanol–water partition coefficient (Wildman–Crippen LogP) is 2.94. The van der Waals surface area contributed by atoms with E-state index in [1.54, 1.807) is 31.3 Å². The molecule has 1 amide bonds. The second-order valence-electron chi connectivity index (χ2n) is 3.90. The van der Waals surface area contributed by atoms with Gasteiger partial charge in [-0.25, -0.2) is 0 Å². The zero-order chi connectivity index (χ0) is 14.4. The fraction of sp³-hybridized carbons (Fsp3) is 0.231. The van der Waals surface area contributed by atoms with Crippen LogP contribution in [0, 0.1) is 0 Å². The lowest BCUT2D eigenvalue weighted by Gasteiger charge is -2.13. The molecule has 1 rings (SSSR count). The Kier molecular flexibility index (Phi) is 5.86. The highest BCUT2D eigenvalue weighted by molar-refractivity contribution is 6.35. The van der Waals surface area contributed by atoms with Crippen LogP contribution in [0.25, 0.3) is 6.08 Å². The lowest BCUT2D eigenvalue weighted by molar-refractivity contribution is -0.137. The molecule has 1 aromatic rings. The fourth-order valence-corrected chi connectivity index (χ4v) is 1.77. The number of rotatable bonds is 5. The molecule has 0 spiro atoms. The van der Waals surface area contributed by atoms with Crippen LogP contribution in [-0.4, -0.2) is 35.5 Å². The Morgan fingerprint density at radius 3 is 2.63 bits per heavy atom. The van der Waals surface area contributed by atoms with Crippen LogP contribution in [0.4, 0.5) is 0 Å². The lowest BCUT2D eigenvalue weighted by Crippen LogP contribution is -2.27. The van der Waals surface area contributed by atoms with E-state index < -0.39 is 5.97 Å². The van der Waals surface area contributed by atoms with Crippen LogP contribution in [0.5, 0.6) is 0 Å². The third-order valence-electron chi connectivity index (χ3n) is 2.41. The van der Waals surface area contributed by atoms with E-state index in [4.69, 9.17) is 28.3 Å². The smallest absolute Gasteiger partial charge is 0.305 e. The van der Waals surface area contributed by atoms with E-state index >= 15 is 0 Å². The van der Waals surface area contributed by atoms with Gasteiger partial charge in [-0.2, -0.15) is 0 Å². The van der Waals surface area contributed by atoms with Crippen molar-refractivity contribution in [1.29, 1.82) is 0 Å². The number of carbonyl (C=O) groups is 2. The van der Waals surface area contributed by atoms with Gasteiger partial charge in [-0.1, -0.05) is 29.3 Å². The average Bonchev–Trinajstić information content (AvgIpc) is 2.34. The maximum Gasteiger partial charge on any atom is 0.305 e. The van der Waals surface area contributed by atoms with E-state index in [0.717, 1.165) is 0 Å². The molecular formula is C13H13Cl2NO3. The number of nitrogens with zero attached hydrogens (tertiary/aromatic N) is 1. The molecule has 4 nitrogen and oxygen atoms in total. The maximum atomic E-state index is 11.7. The quantitative estimate of drug-likeness (QED) is 0.851. The molecule has 0 atom stereocenters. The molecule has 0 bridgehead atoms. The first-order valence-electron chi connectivity index (χ1n) is 5.50. The highest BCUT2D eigenvalue weighted by Gasteiger charge is 2.07.